The summed E-state index contributed by atoms with van der Waals surface area (Å²) in [7, 11) is -5.55. The number of hydrogen-bond acceptors (Lipinski definition) is 4. The van der Waals surface area contributed by atoms with Crippen molar-refractivity contribution < 1.29 is 18.4 Å². The predicted molar refractivity (Wildman–Crippen MR) is 220 cm³/mol. The molecule has 0 radical (unpaired) electrons. The molecule has 3 rings (SSSR count). The lowest BCUT2D eigenvalue weighted by Gasteiger charge is -2.46. The lowest BCUT2D eigenvalue weighted by atomic mass is 9.60. The van der Waals surface area contributed by atoms with Gasteiger partial charge in [0.15, 0.2) is 25.0 Å². The van der Waals surface area contributed by atoms with Gasteiger partial charge in [0, 0.05) is 6.42 Å². The molecule has 3 fully saturated rings. The molecule has 4 nitrogen and oxygen atoms in total. The second kappa shape index (κ2) is 15.2. The Bertz CT molecular complexity index is 1210. The van der Waals surface area contributed by atoms with Crippen molar-refractivity contribution in [1.29, 1.82) is 0 Å². The molecule has 1 N–H and O–H groups in total. The molecule has 0 heterocycles. The Labute approximate surface area is 307 Å². The van der Waals surface area contributed by atoms with Crippen LogP contribution >= 0.6 is 0 Å². The Hall–Kier alpha value is -0.289. The molecule has 284 valence electrons. The zero-order chi connectivity index (χ0) is 37.6. The summed E-state index contributed by atoms with van der Waals surface area (Å²) in [5.74, 6) is 1.26. The molecule has 0 aliphatic heterocycles. The van der Waals surface area contributed by atoms with Gasteiger partial charge in [-0.05, 0) is 143 Å². The van der Waals surface area contributed by atoms with Crippen LogP contribution in [0.25, 0.3) is 0 Å². The quantitative estimate of drug-likeness (QED) is 0.203. The fourth-order valence-corrected chi connectivity index (χ4v) is 13.4. The number of aliphatic hydroxyl groups excluding tert-OH is 1. The SMILES string of the molecule is C=C1/C(=C\C=C2/CCC[C@]3(C)[C@@H]([C@H](C)CCCC(C)(C)O[Si](C)(C)C)[C@H](O)C[C@@H]23)C[C@@H](O[Si](C)(C)C(C)(C)C)C[C@@H]1O[Si](C)(C)C(C)(C)C. The lowest BCUT2D eigenvalue weighted by Crippen LogP contribution is -2.49. The molecule has 0 spiro atoms. The maximum Gasteiger partial charge on any atom is 0.192 e. The van der Waals surface area contributed by atoms with Crippen LogP contribution in [0.15, 0.2) is 35.5 Å². The van der Waals surface area contributed by atoms with Crippen LogP contribution in [0, 0.1) is 23.2 Å². The van der Waals surface area contributed by atoms with E-state index in [2.05, 4.69) is 134 Å². The maximum absolute atomic E-state index is 11.7. The van der Waals surface area contributed by atoms with Crippen LogP contribution < -0.4 is 0 Å². The van der Waals surface area contributed by atoms with Crippen molar-refractivity contribution in [2.75, 3.05) is 0 Å². The number of hydrogen-bond donors (Lipinski definition) is 1. The Morgan fingerprint density at radius 1 is 0.898 bits per heavy atom. The maximum atomic E-state index is 11.7. The molecule has 3 aliphatic carbocycles. The summed E-state index contributed by atoms with van der Waals surface area (Å²) >= 11 is 0. The Kier molecular flexibility index (Phi) is 13.4. The van der Waals surface area contributed by atoms with E-state index in [1.807, 2.05) is 0 Å². The summed E-state index contributed by atoms with van der Waals surface area (Å²) in [6, 6.07) is 0. The van der Waals surface area contributed by atoms with E-state index in [-0.39, 0.29) is 39.4 Å². The minimum absolute atomic E-state index is 0.00895. The predicted octanol–water partition coefficient (Wildman–Crippen LogP) is 12.6. The van der Waals surface area contributed by atoms with Crippen LogP contribution in [0.2, 0.25) is 55.9 Å². The van der Waals surface area contributed by atoms with Crippen LogP contribution in [0.5, 0.6) is 0 Å². The first-order valence-electron chi connectivity index (χ1n) is 19.8. The Morgan fingerprint density at radius 3 is 2.02 bits per heavy atom. The standard InChI is InChI=1S/C42H80O4Si3/c1-30(21-19-25-41(9,10)46-47(12,13)14)38-36(43)29-35-32(22-20-26-42(35,38)11)23-24-33-27-34(44-48(15,16)39(3,4)5)28-37(31(33)2)45-49(17,18)40(6,7)8/h23-24,30,34-38,43H,2,19-22,25-29H2,1,3-18H3/b32-23+,33-24-/t30-,34-,35+,36-,37+,38+,42+/m1/s1. The van der Waals surface area contributed by atoms with Crippen molar-refractivity contribution in [2.45, 2.75) is 207 Å². The highest BCUT2D eigenvalue weighted by molar-refractivity contribution is 6.74. The van der Waals surface area contributed by atoms with Crippen LogP contribution in [-0.4, -0.2) is 54.0 Å². The third-order valence-corrected chi connectivity index (χ3v) is 23.6. The minimum Gasteiger partial charge on any atom is -0.413 e. The van der Waals surface area contributed by atoms with Crippen LogP contribution in [-0.2, 0) is 13.3 Å². The lowest BCUT2D eigenvalue weighted by molar-refractivity contribution is 0.0237. The van der Waals surface area contributed by atoms with E-state index >= 15 is 0 Å². The zero-order valence-electron chi connectivity index (χ0n) is 35.4. The molecule has 0 amide bonds. The van der Waals surface area contributed by atoms with Gasteiger partial charge >= 0.3 is 0 Å². The fraction of sp³-hybridized carbons (Fsp3) is 0.857. The van der Waals surface area contributed by atoms with Crippen LogP contribution in [0.4, 0.5) is 0 Å². The molecule has 0 aromatic carbocycles. The second-order valence-corrected chi connectivity index (χ2v) is 35.3. The van der Waals surface area contributed by atoms with Gasteiger partial charge in [-0.2, -0.15) is 0 Å². The van der Waals surface area contributed by atoms with Gasteiger partial charge < -0.3 is 18.4 Å². The molecule has 0 aromatic heterocycles. The Balaban J connectivity index is 1.85. The van der Waals surface area contributed by atoms with Crippen molar-refractivity contribution >= 4 is 25.0 Å². The third-order valence-electron chi connectivity index (χ3n) is 13.4. The van der Waals surface area contributed by atoms with Crippen molar-refractivity contribution in [2.24, 2.45) is 23.2 Å². The summed E-state index contributed by atoms with van der Waals surface area (Å²) in [5, 5.41) is 12.0. The van der Waals surface area contributed by atoms with Gasteiger partial charge in [0.25, 0.3) is 0 Å². The van der Waals surface area contributed by atoms with E-state index in [4.69, 9.17) is 13.3 Å². The summed E-state index contributed by atoms with van der Waals surface area (Å²) < 4.78 is 20.7. The van der Waals surface area contributed by atoms with Gasteiger partial charge in [0.1, 0.15) is 0 Å². The van der Waals surface area contributed by atoms with Gasteiger partial charge in [0.05, 0.1) is 23.9 Å². The number of aliphatic hydroxyl groups is 1. The fourth-order valence-electron chi connectivity index (χ4n) is 9.00. The molecule has 0 unspecified atom stereocenters. The highest BCUT2D eigenvalue weighted by atomic mass is 28.4. The molecule has 49 heavy (non-hydrogen) atoms. The summed E-state index contributed by atoms with van der Waals surface area (Å²) in [6.45, 7) is 44.4. The van der Waals surface area contributed by atoms with E-state index in [1.54, 1.807) is 0 Å². The van der Waals surface area contributed by atoms with Gasteiger partial charge in [0.2, 0.25) is 0 Å². The second-order valence-electron chi connectivity index (χ2n) is 21.3. The average Bonchev–Trinajstić information content (AvgIpc) is 3.16. The molecule has 0 saturated heterocycles. The zero-order valence-corrected chi connectivity index (χ0v) is 38.4. The number of rotatable bonds is 12. The minimum atomic E-state index is -2.01. The van der Waals surface area contributed by atoms with E-state index < -0.39 is 25.0 Å². The van der Waals surface area contributed by atoms with Crippen molar-refractivity contribution in [1.82, 2.24) is 0 Å². The van der Waals surface area contributed by atoms with Crippen molar-refractivity contribution in [3.8, 4) is 0 Å². The summed E-state index contributed by atoms with van der Waals surface area (Å²) in [4.78, 5) is 0. The third kappa shape index (κ3) is 10.7. The Morgan fingerprint density at radius 2 is 1.47 bits per heavy atom. The first kappa shape index (κ1) is 43.1. The molecule has 7 heteroatoms. The highest BCUT2D eigenvalue weighted by Crippen LogP contribution is 2.60. The monoisotopic (exact) mass is 733 g/mol. The molecular formula is C42H80O4Si3. The van der Waals surface area contributed by atoms with Gasteiger partial charge in [-0.1, -0.05) is 92.5 Å². The van der Waals surface area contributed by atoms with Gasteiger partial charge in [-0.3, -0.25) is 0 Å². The molecule has 7 atom stereocenters. The molecule has 3 aliphatic rings. The number of fused-ring (bicyclic) bond motifs is 1. The topological polar surface area (TPSA) is 47.9 Å². The normalized spacial score (nSPS) is 31.8. The van der Waals surface area contributed by atoms with Gasteiger partial charge in [-0.25, -0.2) is 0 Å². The van der Waals surface area contributed by atoms with Crippen LogP contribution in [0.1, 0.15) is 127 Å². The highest BCUT2D eigenvalue weighted by Gasteiger charge is 2.55. The van der Waals surface area contributed by atoms with E-state index in [9.17, 15) is 5.11 Å². The number of allylic oxidation sites excluding steroid dienone is 3. The summed E-state index contributed by atoms with van der Waals surface area (Å²) in [6.07, 6.45) is 14.3. The van der Waals surface area contributed by atoms with E-state index in [0.717, 1.165) is 50.5 Å². The van der Waals surface area contributed by atoms with Crippen molar-refractivity contribution in [3.63, 3.8) is 0 Å². The molecule has 0 aromatic rings. The van der Waals surface area contributed by atoms with Gasteiger partial charge in [-0.15, -0.1) is 0 Å². The van der Waals surface area contributed by atoms with Crippen LogP contribution in [0.3, 0.4) is 0 Å². The van der Waals surface area contributed by atoms with E-state index in [1.165, 1.54) is 24.0 Å². The average molecular weight is 733 g/mol. The first-order valence-corrected chi connectivity index (χ1v) is 29.0. The van der Waals surface area contributed by atoms with E-state index in [0.29, 0.717) is 17.8 Å². The van der Waals surface area contributed by atoms with Crippen molar-refractivity contribution in [3.05, 3.63) is 35.5 Å². The largest absolute Gasteiger partial charge is 0.413 e. The molecule has 3 saturated carbocycles. The molecule has 0 bridgehead atoms. The first-order chi connectivity index (χ1) is 22.0. The molecular weight excluding hydrogens is 653 g/mol. The summed E-state index contributed by atoms with van der Waals surface area (Å²) in [5.41, 5.74) is 4.03. The smallest absolute Gasteiger partial charge is 0.192 e.